The van der Waals surface area contributed by atoms with Crippen LogP contribution in [0.5, 0.6) is 0 Å². The summed E-state index contributed by atoms with van der Waals surface area (Å²) in [4.78, 5) is 2.41. The smallest absolute Gasteiger partial charge is 0.153 e. The van der Waals surface area contributed by atoms with Crippen LogP contribution < -0.4 is 10.2 Å². The van der Waals surface area contributed by atoms with Crippen LogP contribution in [0.2, 0.25) is 5.02 Å². The molecule has 1 aromatic rings. The summed E-state index contributed by atoms with van der Waals surface area (Å²) >= 11 is 7.86. The fraction of sp³-hybridized carbons (Fsp3) is 0.143. The Hall–Kier alpha value is -1.32. The highest BCUT2D eigenvalue weighted by atomic mass is 35.5. The van der Waals surface area contributed by atoms with E-state index in [2.05, 4.69) is 46.0 Å². The summed E-state index contributed by atoms with van der Waals surface area (Å²) < 4.78 is 0. The van der Waals surface area contributed by atoms with E-state index in [-0.39, 0.29) is 5.50 Å². The number of halogens is 1. The van der Waals surface area contributed by atoms with E-state index in [9.17, 15) is 0 Å². The molecule has 2 nitrogen and oxygen atoms in total. The highest BCUT2D eigenvalue weighted by Gasteiger charge is 2.37. The molecule has 1 aliphatic carbocycles. The van der Waals surface area contributed by atoms with Gasteiger partial charge in [-0.15, -0.1) is 0 Å². The zero-order chi connectivity index (χ0) is 12.1. The second-order valence-electron chi connectivity index (χ2n) is 4.51. The molecule has 0 saturated carbocycles. The van der Waals surface area contributed by atoms with Gasteiger partial charge in [-0.1, -0.05) is 47.7 Å². The molecule has 0 unspecified atom stereocenters. The van der Waals surface area contributed by atoms with E-state index >= 15 is 0 Å². The van der Waals surface area contributed by atoms with Crippen LogP contribution in [0.4, 0.5) is 11.4 Å². The summed E-state index contributed by atoms with van der Waals surface area (Å²) in [5.41, 5.74) is 3.97. The Bertz CT molecular complexity index is 606. The van der Waals surface area contributed by atoms with Crippen LogP contribution in [-0.4, -0.2) is 11.5 Å². The van der Waals surface area contributed by atoms with Gasteiger partial charge in [0.1, 0.15) is 0 Å². The van der Waals surface area contributed by atoms with Gasteiger partial charge in [-0.3, -0.25) is 0 Å². The molecule has 0 aromatic heterocycles. The summed E-state index contributed by atoms with van der Waals surface area (Å²) in [6, 6.07) is 6.38. The normalized spacial score (nSPS) is 27.2. The quantitative estimate of drug-likeness (QED) is 0.770. The average molecular weight is 275 g/mol. The van der Waals surface area contributed by atoms with E-state index in [0.29, 0.717) is 6.04 Å². The maximum atomic E-state index is 6.05. The van der Waals surface area contributed by atoms with E-state index in [0.717, 1.165) is 10.7 Å². The first-order chi connectivity index (χ1) is 8.83. The van der Waals surface area contributed by atoms with Crippen LogP contribution >= 0.6 is 23.4 Å². The largest absolute Gasteiger partial charge is 0.355 e. The highest BCUT2D eigenvalue weighted by Crippen LogP contribution is 2.46. The minimum absolute atomic E-state index is 0.267. The molecule has 18 heavy (non-hydrogen) atoms. The van der Waals surface area contributed by atoms with E-state index in [4.69, 9.17) is 11.6 Å². The molecule has 2 heterocycles. The van der Waals surface area contributed by atoms with Crippen molar-refractivity contribution in [3.63, 3.8) is 0 Å². The summed E-state index contributed by atoms with van der Waals surface area (Å²) in [6.45, 7) is 0. The zero-order valence-corrected chi connectivity index (χ0v) is 11.1. The lowest BCUT2D eigenvalue weighted by atomic mass is 10.0. The number of benzene rings is 1. The van der Waals surface area contributed by atoms with Gasteiger partial charge < -0.3 is 10.2 Å². The van der Waals surface area contributed by atoms with Crippen molar-refractivity contribution >= 4 is 34.7 Å². The molecule has 4 rings (SSSR count). The van der Waals surface area contributed by atoms with Crippen LogP contribution in [0.3, 0.4) is 0 Å². The van der Waals surface area contributed by atoms with Gasteiger partial charge >= 0.3 is 0 Å². The predicted octanol–water partition coefficient (Wildman–Crippen LogP) is 3.98. The van der Waals surface area contributed by atoms with Crippen molar-refractivity contribution in [1.29, 1.82) is 0 Å². The molecule has 2 aliphatic heterocycles. The zero-order valence-electron chi connectivity index (χ0n) is 9.51. The molecule has 0 spiro atoms. The maximum Gasteiger partial charge on any atom is 0.153 e. The molecule has 1 N–H and O–H groups in total. The first kappa shape index (κ1) is 10.6. The number of hydrogen-bond acceptors (Lipinski definition) is 3. The monoisotopic (exact) mass is 274 g/mol. The lowest BCUT2D eigenvalue weighted by Gasteiger charge is -2.37. The van der Waals surface area contributed by atoms with Crippen molar-refractivity contribution in [3.8, 4) is 0 Å². The Balaban J connectivity index is 1.82. The summed E-state index contributed by atoms with van der Waals surface area (Å²) in [5, 5.41) is 6.53. The number of nitrogens with zero attached hydrogens (tertiary/aromatic N) is 1. The maximum absolute atomic E-state index is 6.05. The first-order valence-electron chi connectivity index (χ1n) is 5.88. The van der Waals surface area contributed by atoms with Crippen LogP contribution in [-0.2, 0) is 0 Å². The summed E-state index contributed by atoms with van der Waals surface area (Å²) in [6.07, 6.45) is 8.63. The Labute approximate surface area is 115 Å². The molecule has 0 radical (unpaired) electrons. The van der Waals surface area contributed by atoms with E-state index < -0.39 is 0 Å². The molecular weight excluding hydrogens is 264 g/mol. The fourth-order valence-corrected chi connectivity index (χ4v) is 3.87. The lowest BCUT2D eigenvalue weighted by Crippen LogP contribution is -2.43. The minimum atomic E-state index is 0.267. The number of fused-ring (bicyclic) bond motifs is 5. The Kier molecular flexibility index (Phi) is 2.26. The van der Waals surface area contributed by atoms with Gasteiger partial charge in [-0.25, -0.2) is 0 Å². The number of nitrogens with one attached hydrogen (secondary N) is 1. The molecule has 2 atom stereocenters. The highest BCUT2D eigenvalue weighted by molar-refractivity contribution is 8.03. The van der Waals surface area contributed by atoms with Crippen molar-refractivity contribution in [2.24, 2.45) is 0 Å². The number of allylic oxidation sites excluding steroid dienone is 2. The number of anilines is 2. The van der Waals surface area contributed by atoms with E-state index in [1.807, 2.05) is 12.1 Å². The van der Waals surface area contributed by atoms with Crippen molar-refractivity contribution in [3.05, 3.63) is 58.5 Å². The third-order valence-corrected chi connectivity index (χ3v) is 4.68. The van der Waals surface area contributed by atoms with Gasteiger partial charge in [0.25, 0.3) is 0 Å². The van der Waals surface area contributed by atoms with E-state index in [1.165, 1.54) is 11.3 Å². The van der Waals surface area contributed by atoms with Gasteiger partial charge in [0.2, 0.25) is 0 Å². The van der Waals surface area contributed by atoms with Crippen molar-refractivity contribution < 1.29 is 0 Å². The van der Waals surface area contributed by atoms with E-state index in [1.54, 1.807) is 11.8 Å². The van der Waals surface area contributed by atoms with Gasteiger partial charge in [-0.05, 0) is 29.2 Å². The van der Waals surface area contributed by atoms with Crippen LogP contribution in [0.15, 0.2) is 53.5 Å². The number of hydrogen-bond donors (Lipinski definition) is 1. The summed E-state index contributed by atoms with van der Waals surface area (Å²) in [5.74, 6) is 0. The van der Waals surface area contributed by atoms with Gasteiger partial charge in [0.05, 0.1) is 17.4 Å². The Morgan fingerprint density at radius 1 is 1.28 bits per heavy atom. The first-order valence-corrected chi connectivity index (χ1v) is 7.20. The minimum Gasteiger partial charge on any atom is -0.355 e. The molecule has 90 valence electrons. The molecule has 3 aliphatic rings. The number of rotatable bonds is 0. The summed E-state index contributed by atoms with van der Waals surface area (Å²) in [7, 11) is 0. The van der Waals surface area contributed by atoms with Gasteiger partial charge in [0.15, 0.2) is 5.50 Å². The molecule has 0 amide bonds. The predicted molar refractivity (Wildman–Crippen MR) is 79.1 cm³/mol. The second-order valence-corrected chi connectivity index (χ2v) is 5.90. The van der Waals surface area contributed by atoms with Crippen molar-refractivity contribution in [2.75, 3.05) is 10.2 Å². The third-order valence-electron chi connectivity index (χ3n) is 3.44. The Morgan fingerprint density at radius 3 is 3.17 bits per heavy atom. The molecule has 0 bridgehead atoms. The van der Waals surface area contributed by atoms with Crippen LogP contribution in [0.1, 0.15) is 0 Å². The molecular formula is C14H11ClN2S. The van der Waals surface area contributed by atoms with Crippen molar-refractivity contribution in [1.82, 2.24) is 0 Å². The standard InChI is InChI=1S/C14H11ClN2S/c15-10-5-6-13-11(7-10)16-14-17(13)12-4-2-1-3-9(12)8-18-14/h1-8,12,14,16H/t12-,14-/m1/s1. The molecule has 0 saturated heterocycles. The second kappa shape index (κ2) is 3.84. The molecule has 0 fully saturated rings. The number of thioether (sulfide) groups is 1. The lowest BCUT2D eigenvalue weighted by molar-refractivity contribution is 0.782. The van der Waals surface area contributed by atoms with Crippen molar-refractivity contribution in [2.45, 2.75) is 11.5 Å². The molecule has 1 aromatic carbocycles. The SMILES string of the molecule is Clc1ccc2c(c1)N[C@H]1SC=C3C=CC=C[C@H]3N21. The third kappa shape index (κ3) is 1.44. The topological polar surface area (TPSA) is 15.3 Å². The van der Waals surface area contributed by atoms with Gasteiger partial charge in [-0.2, -0.15) is 0 Å². The Morgan fingerprint density at radius 2 is 2.22 bits per heavy atom. The van der Waals surface area contributed by atoms with Gasteiger partial charge in [0, 0.05) is 5.02 Å². The fourth-order valence-electron chi connectivity index (χ4n) is 2.62. The molecule has 4 heteroatoms. The van der Waals surface area contributed by atoms with Crippen LogP contribution in [0, 0.1) is 0 Å². The van der Waals surface area contributed by atoms with Crippen LogP contribution in [0.25, 0.3) is 0 Å². The average Bonchev–Trinajstić information content (AvgIpc) is 2.76.